The highest BCUT2D eigenvalue weighted by Gasteiger charge is 2.42. The minimum Gasteiger partial charge on any atom is -0.467 e. The number of amides is 2. The lowest BCUT2D eigenvalue weighted by Gasteiger charge is -2.30. The molecule has 2 atom stereocenters. The summed E-state index contributed by atoms with van der Waals surface area (Å²) in [5, 5.41) is 0. The standard InChI is InChI=1S/C20H26N2O4/c1-26-20(25)17-10-6-14-22(17)19(24)16-9-5-13-21(16)18(23)12-11-15-7-3-2-4-8-15/h2-4,7-8,16-17H,5-6,9-14H2,1H3/t16-,17-/m0/s1. The van der Waals surface area contributed by atoms with E-state index in [-0.39, 0.29) is 17.8 Å². The summed E-state index contributed by atoms with van der Waals surface area (Å²) >= 11 is 0. The molecule has 26 heavy (non-hydrogen) atoms. The Morgan fingerprint density at radius 2 is 1.65 bits per heavy atom. The summed E-state index contributed by atoms with van der Waals surface area (Å²) in [6, 6.07) is 8.94. The third-order valence-electron chi connectivity index (χ3n) is 5.34. The summed E-state index contributed by atoms with van der Waals surface area (Å²) in [5.41, 5.74) is 1.12. The lowest BCUT2D eigenvalue weighted by Crippen LogP contribution is -2.51. The van der Waals surface area contributed by atoms with Gasteiger partial charge in [-0.15, -0.1) is 0 Å². The Labute approximate surface area is 154 Å². The van der Waals surface area contributed by atoms with Crippen LogP contribution in [0.5, 0.6) is 0 Å². The van der Waals surface area contributed by atoms with Crippen LogP contribution in [0.3, 0.4) is 0 Å². The summed E-state index contributed by atoms with van der Waals surface area (Å²) < 4.78 is 4.83. The van der Waals surface area contributed by atoms with E-state index < -0.39 is 12.1 Å². The molecule has 2 fully saturated rings. The van der Waals surface area contributed by atoms with Gasteiger partial charge in [0.15, 0.2) is 0 Å². The first kappa shape index (κ1) is 18.4. The van der Waals surface area contributed by atoms with Gasteiger partial charge >= 0.3 is 5.97 Å². The van der Waals surface area contributed by atoms with Gasteiger partial charge in [0.1, 0.15) is 12.1 Å². The molecule has 0 unspecified atom stereocenters. The molecule has 2 saturated heterocycles. The van der Waals surface area contributed by atoms with Crippen molar-refractivity contribution in [2.24, 2.45) is 0 Å². The molecule has 0 spiro atoms. The summed E-state index contributed by atoms with van der Waals surface area (Å²) in [6.07, 6.45) is 3.98. The van der Waals surface area contributed by atoms with Gasteiger partial charge < -0.3 is 14.5 Å². The molecule has 0 radical (unpaired) electrons. The zero-order valence-electron chi connectivity index (χ0n) is 15.2. The van der Waals surface area contributed by atoms with Gasteiger partial charge in [0.25, 0.3) is 0 Å². The quantitative estimate of drug-likeness (QED) is 0.753. The van der Waals surface area contributed by atoms with Gasteiger partial charge in [-0.1, -0.05) is 30.3 Å². The third-order valence-corrected chi connectivity index (χ3v) is 5.34. The summed E-state index contributed by atoms with van der Waals surface area (Å²) in [7, 11) is 1.35. The van der Waals surface area contributed by atoms with Gasteiger partial charge in [0.05, 0.1) is 7.11 Å². The molecule has 0 bridgehead atoms. The molecule has 3 rings (SSSR count). The monoisotopic (exact) mass is 358 g/mol. The Morgan fingerprint density at radius 1 is 1.00 bits per heavy atom. The maximum absolute atomic E-state index is 13.0. The largest absolute Gasteiger partial charge is 0.467 e. The van der Waals surface area contributed by atoms with E-state index in [0.29, 0.717) is 38.8 Å². The summed E-state index contributed by atoms with van der Waals surface area (Å²) in [4.78, 5) is 40.9. The molecule has 6 heteroatoms. The van der Waals surface area contributed by atoms with Crippen LogP contribution in [-0.4, -0.2) is 59.9 Å². The van der Waals surface area contributed by atoms with Crippen molar-refractivity contribution in [3.8, 4) is 0 Å². The van der Waals surface area contributed by atoms with Gasteiger partial charge in [-0.25, -0.2) is 4.79 Å². The molecule has 0 N–H and O–H groups in total. The molecule has 0 aromatic heterocycles. The van der Waals surface area contributed by atoms with E-state index in [4.69, 9.17) is 4.74 Å². The van der Waals surface area contributed by atoms with Crippen molar-refractivity contribution in [3.63, 3.8) is 0 Å². The van der Waals surface area contributed by atoms with Crippen LogP contribution < -0.4 is 0 Å². The molecular weight excluding hydrogens is 332 g/mol. The molecule has 0 saturated carbocycles. The number of esters is 1. The highest BCUT2D eigenvalue weighted by Crippen LogP contribution is 2.26. The van der Waals surface area contributed by atoms with E-state index in [1.165, 1.54) is 7.11 Å². The predicted octanol–water partition coefficient (Wildman–Crippen LogP) is 1.77. The molecule has 6 nitrogen and oxygen atoms in total. The zero-order chi connectivity index (χ0) is 18.5. The maximum Gasteiger partial charge on any atom is 0.328 e. The Morgan fingerprint density at radius 3 is 2.35 bits per heavy atom. The van der Waals surface area contributed by atoms with E-state index in [1.54, 1.807) is 9.80 Å². The Kier molecular flexibility index (Phi) is 5.91. The smallest absolute Gasteiger partial charge is 0.328 e. The van der Waals surface area contributed by atoms with E-state index in [9.17, 15) is 14.4 Å². The minimum absolute atomic E-state index is 0.0125. The Hall–Kier alpha value is -2.37. The molecule has 2 aliphatic rings. The number of likely N-dealkylation sites (tertiary alicyclic amines) is 2. The van der Waals surface area contributed by atoms with Crippen LogP contribution >= 0.6 is 0 Å². The lowest BCUT2D eigenvalue weighted by atomic mass is 10.1. The fourth-order valence-corrected chi connectivity index (χ4v) is 3.96. The van der Waals surface area contributed by atoms with Crippen molar-refractivity contribution in [2.45, 2.75) is 50.6 Å². The number of methoxy groups -OCH3 is 1. The number of carbonyl (C=O) groups is 3. The topological polar surface area (TPSA) is 66.9 Å². The second-order valence-corrected chi connectivity index (χ2v) is 6.94. The van der Waals surface area contributed by atoms with Crippen molar-refractivity contribution < 1.29 is 19.1 Å². The van der Waals surface area contributed by atoms with E-state index in [0.717, 1.165) is 18.4 Å². The fraction of sp³-hybridized carbons (Fsp3) is 0.550. The van der Waals surface area contributed by atoms with Crippen molar-refractivity contribution in [3.05, 3.63) is 35.9 Å². The second-order valence-electron chi connectivity index (χ2n) is 6.94. The fourth-order valence-electron chi connectivity index (χ4n) is 3.96. The number of benzene rings is 1. The second kappa shape index (κ2) is 8.34. The molecule has 2 amide bonds. The number of hydrogen-bond donors (Lipinski definition) is 0. The van der Waals surface area contributed by atoms with E-state index in [1.807, 2.05) is 30.3 Å². The zero-order valence-corrected chi connectivity index (χ0v) is 15.2. The summed E-state index contributed by atoms with van der Waals surface area (Å²) in [5.74, 6) is -0.460. The SMILES string of the molecule is COC(=O)[C@@H]1CCCN1C(=O)[C@@H]1CCCN1C(=O)CCc1ccccc1. The third kappa shape index (κ3) is 3.89. The summed E-state index contributed by atoms with van der Waals surface area (Å²) in [6.45, 7) is 1.17. The van der Waals surface area contributed by atoms with Gasteiger partial charge in [-0.05, 0) is 37.7 Å². The van der Waals surface area contributed by atoms with Crippen LogP contribution in [0.25, 0.3) is 0 Å². The Balaban J connectivity index is 1.62. The Bertz CT molecular complexity index is 661. The first-order valence-corrected chi connectivity index (χ1v) is 9.33. The van der Waals surface area contributed by atoms with E-state index >= 15 is 0 Å². The molecule has 140 valence electrons. The molecule has 1 aromatic carbocycles. The number of aryl methyl sites for hydroxylation is 1. The number of rotatable bonds is 5. The molecular formula is C20H26N2O4. The first-order chi connectivity index (χ1) is 12.6. The molecule has 1 aromatic rings. The lowest BCUT2D eigenvalue weighted by molar-refractivity contribution is -0.153. The molecule has 2 heterocycles. The number of nitrogens with zero attached hydrogens (tertiary/aromatic N) is 2. The normalized spacial score (nSPS) is 22.5. The van der Waals surface area contributed by atoms with E-state index in [2.05, 4.69) is 0 Å². The molecule has 0 aliphatic carbocycles. The van der Waals surface area contributed by atoms with Crippen LogP contribution in [0.1, 0.15) is 37.7 Å². The predicted molar refractivity (Wildman–Crippen MR) is 96.2 cm³/mol. The maximum atomic E-state index is 13.0. The van der Waals surface area contributed by atoms with Crippen molar-refractivity contribution in [2.75, 3.05) is 20.2 Å². The van der Waals surface area contributed by atoms with Crippen LogP contribution in [0.2, 0.25) is 0 Å². The molecule has 2 aliphatic heterocycles. The van der Waals surface area contributed by atoms with Crippen LogP contribution in [0.15, 0.2) is 30.3 Å². The minimum atomic E-state index is -0.505. The van der Waals surface area contributed by atoms with Gasteiger partial charge in [-0.3, -0.25) is 9.59 Å². The van der Waals surface area contributed by atoms with Gasteiger partial charge in [0, 0.05) is 19.5 Å². The van der Waals surface area contributed by atoms with Gasteiger partial charge in [0.2, 0.25) is 11.8 Å². The number of carbonyl (C=O) groups excluding carboxylic acids is 3. The average molecular weight is 358 g/mol. The van der Waals surface area contributed by atoms with Crippen LogP contribution in [0.4, 0.5) is 0 Å². The number of hydrogen-bond acceptors (Lipinski definition) is 4. The highest BCUT2D eigenvalue weighted by molar-refractivity contribution is 5.91. The van der Waals surface area contributed by atoms with Crippen LogP contribution in [0, 0.1) is 0 Å². The first-order valence-electron chi connectivity index (χ1n) is 9.33. The average Bonchev–Trinajstić information content (AvgIpc) is 3.35. The van der Waals surface area contributed by atoms with Crippen molar-refractivity contribution >= 4 is 17.8 Å². The highest BCUT2D eigenvalue weighted by atomic mass is 16.5. The number of ether oxygens (including phenoxy) is 1. The van der Waals surface area contributed by atoms with Crippen molar-refractivity contribution in [1.29, 1.82) is 0 Å². The van der Waals surface area contributed by atoms with Crippen LogP contribution in [-0.2, 0) is 25.5 Å². The van der Waals surface area contributed by atoms with Gasteiger partial charge in [-0.2, -0.15) is 0 Å². The van der Waals surface area contributed by atoms with Crippen molar-refractivity contribution in [1.82, 2.24) is 9.80 Å².